The second-order valence-corrected chi connectivity index (χ2v) is 9.52. The number of rotatable bonds is 5. The smallest absolute Gasteiger partial charge is 0.254 e. The van der Waals surface area contributed by atoms with E-state index in [1.54, 1.807) is 6.07 Å². The molecule has 2 aliphatic heterocycles. The zero-order chi connectivity index (χ0) is 24.7. The summed E-state index contributed by atoms with van der Waals surface area (Å²) in [6, 6.07) is 11.5. The molecule has 0 radical (unpaired) electrons. The fourth-order valence-electron chi connectivity index (χ4n) is 4.92. The van der Waals surface area contributed by atoms with Crippen LogP contribution in [0.3, 0.4) is 0 Å². The third-order valence-corrected chi connectivity index (χ3v) is 7.01. The van der Waals surface area contributed by atoms with Crippen molar-refractivity contribution in [2.24, 2.45) is 0 Å². The quantitative estimate of drug-likeness (QED) is 0.439. The number of benzene rings is 2. The van der Waals surface area contributed by atoms with E-state index in [1.165, 1.54) is 0 Å². The molecule has 8 nitrogen and oxygen atoms in total. The van der Waals surface area contributed by atoms with Gasteiger partial charge < -0.3 is 35.2 Å². The first kappa shape index (κ1) is 24.8. The molecule has 1 amide bonds. The molecule has 0 saturated carbocycles. The number of aliphatic hydroxyl groups is 5. The van der Waals surface area contributed by atoms with Crippen molar-refractivity contribution in [2.75, 3.05) is 13.2 Å². The second-order valence-electron chi connectivity index (χ2n) is 9.52. The van der Waals surface area contributed by atoms with Crippen molar-refractivity contribution >= 4 is 5.91 Å². The number of hydrogen-bond acceptors (Lipinski definition) is 7. The lowest BCUT2D eigenvalue weighted by molar-refractivity contribution is -0.250. The van der Waals surface area contributed by atoms with Crippen molar-refractivity contribution in [3.05, 3.63) is 58.7 Å². The Morgan fingerprint density at radius 2 is 1.71 bits per heavy atom. The van der Waals surface area contributed by atoms with Crippen LogP contribution >= 0.6 is 0 Å². The molecule has 0 aliphatic carbocycles. The van der Waals surface area contributed by atoms with E-state index in [9.17, 15) is 30.3 Å². The van der Waals surface area contributed by atoms with Crippen LogP contribution in [0.2, 0.25) is 0 Å². The van der Waals surface area contributed by atoms with Gasteiger partial charge in [0.05, 0.1) is 6.61 Å². The molecule has 2 aromatic rings. The Kier molecular flexibility index (Phi) is 7.09. The molecule has 1 saturated heterocycles. The van der Waals surface area contributed by atoms with Crippen LogP contribution in [0, 0.1) is 6.92 Å². The van der Waals surface area contributed by atoms with E-state index in [2.05, 4.69) is 0 Å². The van der Waals surface area contributed by atoms with Gasteiger partial charge in [0.15, 0.2) is 0 Å². The van der Waals surface area contributed by atoms with Crippen LogP contribution in [0.15, 0.2) is 36.4 Å². The highest BCUT2D eigenvalue weighted by molar-refractivity contribution is 5.98. The molecule has 2 unspecified atom stereocenters. The summed E-state index contributed by atoms with van der Waals surface area (Å²) in [5.74, 6) is 0.0319. The SMILES string of the molecule is Cc1cc(-c2ccc3c(c2)C(=O)N(C(C)C)CC3)ccc1[C@@H](O)[C@H]1OC(CO)[C@@H](O)[C@H](O)C1O. The fourth-order valence-corrected chi connectivity index (χ4v) is 4.92. The summed E-state index contributed by atoms with van der Waals surface area (Å²) in [6.07, 6.45) is -7.33. The molecule has 1 fully saturated rings. The van der Waals surface area contributed by atoms with Gasteiger partial charge >= 0.3 is 0 Å². The number of carbonyl (C=O) groups excluding carboxylic acids is 1. The van der Waals surface area contributed by atoms with E-state index in [0.29, 0.717) is 17.7 Å². The minimum atomic E-state index is -1.55. The van der Waals surface area contributed by atoms with Gasteiger partial charge in [0, 0.05) is 18.2 Å². The minimum Gasteiger partial charge on any atom is -0.394 e. The number of aliphatic hydroxyl groups excluding tert-OH is 5. The van der Waals surface area contributed by atoms with Crippen LogP contribution in [0.5, 0.6) is 0 Å². The van der Waals surface area contributed by atoms with Crippen LogP contribution in [-0.4, -0.2) is 86.1 Å². The molecule has 0 bridgehead atoms. The molecule has 6 atom stereocenters. The third kappa shape index (κ3) is 4.37. The summed E-state index contributed by atoms with van der Waals surface area (Å²) in [6.45, 7) is 5.99. The number of fused-ring (bicyclic) bond motifs is 1. The molecule has 4 rings (SSSR count). The summed E-state index contributed by atoms with van der Waals surface area (Å²) in [4.78, 5) is 14.8. The highest BCUT2D eigenvalue weighted by atomic mass is 16.6. The molecular weight excluding hydrogens is 438 g/mol. The molecule has 5 N–H and O–H groups in total. The van der Waals surface area contributed by atoms with Crippen LogP contribution in [0.1, 0.15) is 47.0 Å². The largest absolute Gasteiger partial charge is 0.394 e. The van der Waals surface area contributed by atoms with Crippen molar-refractivity contribution in [1.82, 2.24) is 4.90 Å². The molecule has 8 heteroatoms. The maximum absolute atomic E-state index is 13.0. The summed E-state index contributed by atoms with van der Waals surface area (Å²) in [5, 5.41) is 50.8. The highest BCUT2D eigenvalue weighted by Crippen LogP contribution is 2.34. The fraction of sp³-hybridized carbons (Fsp3) is 0.500. The highest BCUT2D eigenvalue weighted by Gasteiger charge is 2.46. The average Bonchev–Trinajstić information content (AvgIpc) is 2.82. The predicted molar refractivity (Wildman–Crippen MR) is 125 cm³/mol. The van der Waals surface area contributed by atoms with E-state index < -0.39 is 43.2 Å². The van der Waals surface area contributed by atoms with E-state index in [4.69, 9.17) is 4.74 Å². The second kappa shape index (κ2) is 9.73. The maximum Gasteiger partial charge on any atom is 0.254 e. The average molecular weight is 472 g/mol. The van der Waals surface area contributed by atoms with Crippen LogP contribution in [-0.2, 0) is 11.2 Å². The minimum absolute atomic E-state index is 0.0319. The number of ether oxygens (including phenoxy) is 1. The first-order valence-electron chi connectivity index (χ1n) is 11.7. The van der Waals surface area contributed by atoms with Crippen LogP contribution in [0.4, 0.5) is 0 Å². The van der Waals surface area contributed by atoms with Gasteiger partial charge in [0.2, 0.25) is 0 Å². The first-order chi connectivity index (χ1) is 16.1. The Balaban J connectivity index is 1.60. The van der Waals surface area contributed by atoms with Crippen molar-refractivity contribution in [2.45, 2.75) is 69.9 Å². The van der Waals surface area contributed by atoms with Gasteiger partial charge in [-0.05, 0) is 61.1 Å². The van der Waals surface area contributed by atoms with E-state index in [1.807, 2.05) is 56.0 Å². The van der Waals surface area contributed by atoms with Gasteiger partial charge in [-0.25, -0.2) is 0 Å². The van der Waals surface area contributed by atoms with E-state index >= 15 is 0 Å². The Bertz CT molecular complexity index is 1050. The van der Waals surface area contributed by atoms with Gasteiger partial charge in [0.25, 0.3) is 5.91 Å². The van der Waals surface area contributed by atoms with Crippen LogP contribution in [0.25, 0.3) is 11.1 Å². The number of nitrogens with zero attached hydrogens (tertiary/aromatic N) is 1. The molecular formula is C26H33NO7. The summed E-state index contributed by atoms with van der Waals surface area (Å²) in [5.41, 5.74) is 4.73. The van der Waals surface area contributed by atoms with E-state index in [-0.39, 0.29) is 11.9 Å². The van der Waals surface area contributed by atoms with Gasteiger partial charge in [-0.2, -0.15) is 0 Å². The molecule has 34 heavy (non-hydrogen) atoms. The van der Waals surface area contributed by atoms with Gasteiger partial charge in [-0.3, -0.25) is 4.79 Å². The summed E-state index contributed by atoms with van der Waals surface area (Å²) < 4.78 is 5.52. The number of carbonyl (C=O) groups is 1. The third-order valence-electron chi connectivity index (χ3n) is 7.01. The Morgan fingerprint density at radius 1 is 1.03 bits per heavy atom. The molecule has 2 heterocycles. The van der Waals surface area contributed by atoms with Crippen molar-refractivity contribution in [3.8, 4) is 11.1 Å². The molecule has 0 spiro atoms. The number of aryl methyl sites for hydroxylation is 1. The van der Waals surface area contributed by atoms with Crippen molar-refractivity contribution in [1.29, 1.82) is 0 Å². The molecule has 2 aromatic carbocycles. The molecule has 0 aromatic heterocycles. The lowest BCUT2D eigenvalue weighted by Gasteiger charge is -2.42. The van der Waals surface area contributed by atoms with Gasteiger partial charge in [-0.1, -0.05) is 30.3 Å². The Morgan fingerprint density at radius 3 is 2.35 bits per heavy atom. The lowest BCUT2D eigenvalue weighted by atomic mass is 9.87. The first-order valence-corrected chi connectivity index (χ1v) is 11.7. The van der Waals surface area contributed by atoms with Crippen LogP contribution < -0.4 is 0 Å². The monoisotopic (exact) mass is 471 g/mol. The maximum atomic E-state index is 13.0. The zero-order valence-corrected chi connectivity index (χ0v) is 19.6. The number of amides is 1. The Hall–Kier alpha value is -2.33. The summed E-state index contributed by atoms with van der Waals surface area (Å²) in [7, 11) is 0. The number of hydrogen-bond donors (Lipinski definition) is 5. The summed E-state index contributed by atoms with van der Waals surface area (Å²) >= 11 is 0. The topological polar surface area (TPSA) is 131 Å². The molecule has 184 valence electrons. The lowest BCUT2D eigenvalue weighted by Crippen LogP contribution is -2.59. The van der Waals surface area contributed by atoms with E-state index in [0.717, 1.165) is 28.7 Å². The zero-order valence-electron chi connectivity index (χ0n) is 19.6. The van der Waals surface area contributed by atoms with Crippen molar-refractivity contribution < 1.29 is 35.1 Å². The predicted octanol–water partition coefficient (Wildman–Crippen LogP) is 0.945. The van der Waals surface area contributed by atoms with Crippen molar-refractivity contribution in [3.63, 3.8) is 0 Å². The standard InChI is InChI=1S/C26H33NO7/c1-13(2)27-9-8-15-4-5-17(11-19(15)26(27)33)16-6-7-18(14(3)10-16)21(29)25-24(32)23(31)22(30)20(12-28)34-25/h4-7,10-11,13,20-25,28-32H,8-9,12H2,1-3H3/t20?,21-,22-,23+,24?,25-/m1/s1. The Labute approximate surface area is 199 Å². The normalized spacial score (nSPS) is 28.2. The molecule has 2 aliphatic rings. The van der Waals surface area contributed by atoms with Gasteiger partial charge in [-0.15, -0.1) is 0 Å². The van der Waals surface area contributed by atoms with Gasteiger partial charge in [0.1, 0.15) is 36.6 Å².